The Balaban J connectivity index is 2.17. The molecule has 0 saturated carbocycles. The maximum Gasteiger partial charge on any atom is 0.312 e. The minimum atomic E-state index is -0.745. The monoisotopic (exact) mass is 386 g/mol. The SMILES string of the molecule is CCCc1nc2ccccc2c(=O)n1/N=C/c1cc(Cl)cc([N+](=O)[O-])c1O. The Morgan fingerprint density at radius 1 is 1.37 bits per heavy atom. The highest BCUT2D eigenvalue weighted by Crippen LogP contribution is 2.32. The summed E-state index contributed by atoms with van der Waals surface area (Å²) >= 11 is 5.88. The van der Waals surface area contributed by atoms with E-state index in [0.717, 1.165) is 23.4 Å². The van der Waals surface area contributed by atoms with E-state index >= 15 is 0 Å². The molecular formula is C18H15ClN4O4. The first-order valence-corrected chi connectivity index (χ1v) is 8.52. The number of phenols is 1. The zero-order valence-electron chi connectivity index (χ0n) is 14.3. The number of benzene rings is 2. The Kier molecular flexibility index (Phi) is 5.18. The summed E-state index contributed by atoms with van der Waals surface area (Å²) in [5, 5.41) is 25.7. The predicted octanol–water partition coefficient (Wildman–Crippen LogP) is 3.50. The molecule has 1 N–H and O–H groups in total. The molecule has 3 rings (SSSR count). The van der Waals surface area contributed by atoms with Gasteiger partial charge < -0.3 is 5.11 Å². The Hall–Kier alpha value is -3.26. The summed E-state index contributed by atoms with van der Waals surface area (Å²) in [4.78, 5) is 27.5. The number of nitro benzene ring substituents is 1. The van der Waals surface area contributed by atoms with E-state index in [9.17, 15) is 20.0 Å². The molecule has 0 aliphatic heterocycles. The first-order chi connectivity index (χ1) is 12.9. The lowest BCUT2D eigenvalue weighted by Gasteiger charge is -2.08. The Morgan fingerprint density at radius 3 is 2.81 bits per heavy atom. The van der Waals surface area contributed by atoms with Crippen molar-refractivity contribution in [3.63, 3.8) is 0 Å². The van der Waals surface area contributed by atoms with E-state index in [2.05, 4.69) is 10.1 Å². The molecule has 0 spiro atoms. The number of fused-ring (bicyclic) bond motifs is 1. The van der Waals surface area contributed by atoms with Gasteiger partial charge in [0.15, 0.2) is 0 Å². The van der Waals surface area contributed by atoms with Gasteiger partial charge in [0.05, 0.1) is 22.0 Å². The highest BCUT2D eigenvalue weighted by molar-refractivity contribution is 6.31. The maximum atomic E-state index is 12.8. The van der Waals surface area contributed by atoms with Crippen LogP contribution in [0.2, 0.25) is 5.02 Å². The van der Waals surface area contributed by atoms with E-state index in [4.69, 9.17) is 11.6 Å². The van der Waals surface area contributed by atoms with Gasteiger partial charge in [0, 0.05) is 23.1 Å². The van der Waals surface area contributed by atoms with E-state index in [1.165, 1.54) is 6.07 Å². The predicted molar refractivity (Wildman–Crippen MR) is 103 cm³/mol. The van der Waals surface area contributed by atoms with Crippen LogP contribution in [0.25, 0.3) is 10.9 Å². The van der Waals surface area contributed by atoms with Crippen molar-refractivity contribution in [3.8, 4) is 5.75 Å². The second-order valence-electron chi connectivity index (χ2n) is 5.78. The molecule has 0 aliphatic rings. The van der Waals surface area contributed by atoms with Crippen molar-refractivity contribution in [1.29, 1.82) is 0 Å². The van der Waals surface area contributed by atoms with E-state index in [-0.39, 0.29) is 16.1 Å². The van der Waals surface area contributed by atoms with Crippen LogP contribution in [0.3, 0.4) is 0 Å². The summed E-state index contributed by atoms with van der Waals surface area (Å²) < 4.78 is 1.14. The molecule has 9 heteroatoms. The average molecular weight is 387 g/mol. The van der Waals surface area contributed by atoms with Crippen LogP contribution in [0.4, 0.5) is 5.69 Å². The summed E-state index contributed by atoms with van der Waals surface area (Å²) in [6, 6.07) is 9.28. The van der Waals surface area contributed by atoms with Gasteiger partial charge in [0.2, 0.25) is 5.75 Å². The standard InChI is InChI=1S/C18H15ClN4O4/c1-2-5-16-21-14-7-4-3-6-13(14)18(25)22(16)20-10-11-8-12(19)9-15(17(11)24)23(26)27/h3-4,6-10,24H,2,5H2,1H3/b20-10+. The van der Waals surface area contributed by atoms with Crippen molar-refractivity contribution >= 4 is 34.4 Å². The third kappa shape index (κ3) is 3.65. The number of rotatable bonds is 5. The minimum Gasteiger partial charge on any atom is -0.502 e. The molecule has 0 fully saturated rings. The molecule has 0 atom stereocenters. The smallest absolute Gasteiger partial charge is 0.312 e. The summed E-state index contributed by atoms with van der Waals surface area (Å²) in [5.41, 5.74) is -0.312. The molecule has 1 heterocycles. The van der Waals surface area contributed by atoms with Crippen molar-refractivity contribution in [1.82, 2.24) is 9.66 Å². The van der Waals surface area contributed by atoms with Gasteiger partial charge in [-0.05, 0) is 24.6 Å². The van der Waals surface area contributed by atoms with Crippen LogP contribution < -0.4 is 5.56 Å². The highest BCUT2D eigenvalue weighted by Gasteiger charge is 2.18. The number of aromatic nitrogens is 2. The lowest BCUT2D eigenvalue weighted by atomic mass is 10.2. The summed E-state index contributed by atoms with van der Waals surface area (Å²) in [5.74, 6) is -0.125. The first kappa shape index (κ1) is 18.5. The third-order valence-corrected chi connectivity index (χ3v) is 4.11. The maximum absolute atomic E-state index is 12.8. The van der Waals surface area contributed by atoms with Crippen LogP contribution in [0, 0.1) is 10.1 Å². The molecular weight excluding hydrogens is 372 g/mol. The van der Waals surface area contributed by atoms with Crippen LogP contribution in [-0.4, -0.2) is 25.9 Å². The molecule has 3 aromatic rings. The van der Waals surface area contributed by atoms with Gasteiger partial charge in [-0.25, -0.2) is 4.98 Å². The van der Waals surface area contributed by atoms with Crippen molar-refractivity contribution in [3.05, 3.63) is 73.3 Å². The number of hydrogen-bond acceptors (Lipinski definition) is 6. The van der Waals surface area contributed by atoms with Gasteiger partial charge in [-0.3, -0.25) is 14.9 Å². The van der Waals surface area contributed by atoms with Crippen molar-refractivity contribution in [2.75, 3.05) is 0 Å². The Morgan fingerprint density at radius 2 is 2.11 bits per heavy atom. The number of para-hydroxylation sites is 1. The van der Waals surface area contributed by atoms with E-state index in [0.29, 0.717) is 23.1 Å². The van der Waals surface area contributed by atoms with Crippen molar-refractivity contribution in [2.45, 2.75) is 19.8 Å². The summed E-state index contributed by atoms with van der Waals surface area (Å²) in [6.45, 7) is 1.95. The zero-order chi connectivity index (χ0) is 19.6. The number of aromatic hydroxyl groups is 1. The Bertz CT molecular complexity index is 1120. The quantitative estimate of drug-likeness (QED) is 0.410. The van der Waals surface area contributed by atoms with Gasteiger partial charge in [-0.15, -0.1) is 0 Å². The highest BCUT2D eigenvalue weighted by atomic mass is 35.5. The van der Waals surface area contributed by atoms with Crippen LogP contribution in [0.15, 0.2) is 46.3 Å². The summed E-state index contributed by atoms with van der Waals surface area (Å²) in [7, 11) is 0. The van der Waals surface area contributed by atoms with Crippen molar-refractivity contribution in [2.24, 2.45) is 5.10 Å². The molecule has 0 unspecified atom stereocenters. The number of nitrogens with zero attached hydrogens (tertiary/aromatic N) is 4. The van der Waals surface area contributed by atoms with Crippen molar-refractivity contribution < 1.29 is 10.0 Å². The zero-order valence-corrected chi connectivity index (χ0v) is 15.1. The van der Waals surface area contributed by atoms with Gasteiger partial charge in [-0.1, -0.05) is 30.7 Å². The van der Waals surface area contributed by atoms with E-state index in [1.807, 2.05) is 6.92 Å². The molecule has 1 aromatic heterocycles. The van der Waals surface area contributed by atoms with Gasteiger partial charge in [0.25, 0.3) is 5.56 Å². The molecule has 0 aliphatic carbocycles. The number of phenolic OH excluding ortho intramolecular Hbond substituents is 1. The number of nitro groups is 1. The van der Waals surface area contributed by atoms with Gasteiger partial charge in [0.1, 0.15) is 5.82 Å². The topological polar surface area (TPSA) is 111 Å². The molecule has 0 amide bonds. The van der Waals surface area contributed by atoms with E-state index in [1.54, 1.807) is 24.3 Å². The largest absolute Gasteiger partial charge is 0.502 e. The minimum absolute atomic E-state index is 0.0247. The fourth-order valence-corrected chi connectivity index (χ4v) is 2.86. The second-order valence-corrected chi connectivity index (χ2v) is 6.21. The van der Waals surface area contributed by atoms with Crippen LogP contribution in [-0.2, 0) is 6.42 Å². The van der Waals surface area contributed by atoms with Crippen LogP contribution >= 0.6 is 11.6 Å². The van der Waals surface area contributed by atoms with Gasteiger partial charge >= 0.3 is 5.69 Å². The van der Waals surface area contributed by atoms with Crippen LogP contribution in [0.1, 0.15) is 24.7 Å². The lowest BCUT2D eigenvalue weighted by molar-refractivity contribution is -0.385. The number of aryl methyl sites for hydroxylation is 1. The van der Waals surface area contributed by atoms with E-state index < -0.39 is 16.4 Å². The lowest BCUT2D eigenvalue weighted by Crippen LogP contribution is -2.22. The normalized spacial score (nSPS) is 11.3. The Labute approximate surface area is 158 Å². The van der Waals surface area contributed by atoms with Gasteiger partial charge in [-0.2, -0.15) is 9.78 Å². The fraction of sp³-hybridized carbons (Fsp3) is 0.167. The van der Waals surface area contributed by atoms with Crippen LogP contribution in [0.5, 0.6) is 5.75 Å². The molecule has 0 bridgehead atoms. The number of hydrogen-bond donors (Lipinski definition) is 1. The summed E-state index contributed by atoms with van der Waals surface area (Å²) in [6.07, 6.45) is 2.42. The molecule has 0 saturated heterocycles. The molecule has 8 nitrogen and oxygen atoms in total. The first-order valence-electron chi connectivity index (χ1n) is 8.14. The molecule has 138 valence electrons. The molecule has 0 radical (unpaired) electrons. The molecule has 2 aromatic carbocycles. The second kappa shape index (κ2) is 7.55. The fourth-order valence-electron chi connectivity index (χ4n) is 2.64. The number of halogens is 1. The average Bonchev–Trinajstić information content (AvgIpc) is 2.64. The third-order valence-electron chi connectivity index (χ3n) is 3.89. The molecule has 27 heavy (non-hydrogen) atoms.